The van der Waals surface area contributed by atoms with E-state index in [0.717, 1.165) is 6.54 Å². The zero-order chi connectivity index (χ0) is 13.4. The number of nitrogens with zero attached hydrogens (tertiary/aromatic N) is 2. The van der Waals surface area contributed by atoms with Crippen LogP contribution < -0.4 is 9.88 Å². The van der Waals surface area contributed by atoms with Gasteiger partial charge in [0.25, 0.3) is 0 Å². The monoisotopic (exact) mass is 254 g/mol. The van der Waals surface area contributed by atoms with Crippen LogP contribution in [-0.4, -0.2) is 30.2 Å². The van der Waals surface area contributed by atoms with Gasteiger partial charge in [-0.25, -0.2) is 9.13 Å². The van der Waals surface area contributed by atoms with E-state index in [4.69, 9.17) is 4.74 Å². The lowest BCUT2D eigenvalue weighted by Crippen LogP contribution is -2.25. The zero-order valence-corrected chi connectivity index (χ0v) is 11.6. The zero-order valence-electron chi connectivity index (χ0n) is 11.6. The average Bonchev–Trinajstić information content (AvgIpc) is 2.70. The molecule has 0 aliphatic heterocycles. The van der Waals surface area contributed by atoms with E-state index in [-0.39, 0.29) is 5.97 Å². The molecule has 0 amide bonds. The van der Waals surface area contributed by atoms with Gasteiger partial charge in [0.05, 0.1) is 13.5 Å². The van der Waals surface area contributed by atoms with E-state index in [1.54, 1.807) is 0 Å². The maximum atomic E-state index is 11.4. The number of carbonyl (C=O) groups excluding carboxylic acids is 1. The first-order chi connectivity index (χ1) is 8.58. The summed E-state index contributed by atoms with van der Waals surface area (Å²) >= 11 is 0. The number of rotatable bonds is 8. The fourth-order valence-electron chi connectivity index (χ4n) is 1.55. The highest BCUT2D eigenvalue weighted by Crippen LogP contribution is 1.91. The lowest BCUT2D eigenvalue weighted by molar-refractivity contribution is -0.671. The number of hydrogen-bond donors (Lipinski definition) is 1. The summed E-state index contributed by atoms with van der Waals surface area (Å²) in [6.45, 7) is 7.04. The van der Waals surface area contributed by atoms with Crippen molar-refractivity contribution >= 4 is 5.97 Å². The van der Waals surface area contributed by atoms with Gasteiger partial charge in [0.1, 0.15) is 25.5 Å². The largest absolute Gasteiger partial charge is 0.461 e. The fraction of sp³-hybridized carbons (Fsp3) is 0.692. The van der Waals surface area contributed by atoms with Crippen molar-refractivity contribution in [3.63, 3.8) is 0 Å². The molecule has 102 valence electrons. The normalized spacial score (nSPS) is 10.9. The minimum Gasteiger partial charge on any atom is -0.461 e. The van der Waals surface area contributed by atoms with Crippen molar-refractivity contribution in [1.29, 1.82) is 0 Å². The van der Waals surface area contributed by atoms with Gasteiger partial charge in [-0.15, -0.1) is 0 Å². The van der Waals surface area contributed by atoms with Crippen molar-refractivity contribution in [2.75, 3.05) is 19.7 Å². The minimum atomic E-state index is -0.136. The Bertz CT molecular complexity index is 361. The lowest BCUT2D eigenvalue weighted by Gasteiger charge is -2.07. The van der Waals surface area contributed by atoms with Crippen molar-refractivity contribution in [2.45, 2.75) is 26.8 Å². The first kappa shape index (κ1) is 14.7. The van der Waals surface area contributed by atoms with Crippen LogP contribution >= 0.6 is 0 Å². The fourth-order valence-corrected chi connectivity index (χ4v) is 1.55. The van der Waals surface area contributed by atoms with E-state index in [1.807, 2.05) is 34.9 Å². The summed E-state index contributed by atoms with van der Waals surface area (Å²) in [4.78, 5) is 11.4. The van der Waals surface area contributed by atoms with Gasteiger partial charge in [-0.05, 0) is 12.5 Å². The highest BCUT2D eigenvalue weighted by atomic mass is 16.5. The Kier molecular flexibility index (Phi) is 6.43. The summed E-state index contributed by atoms with van der Waals surface area (Å²) in [5.41, 5.74) is 0. The average molecular weight is 254 g/mol. The van der Waals surface area contributed by atoms with Gasteiger partial charge < -0.3 is 10.1 Å². The van der Waals surface area contributed by atoms with Crippen molar-refractivity contribution in [1.82, 2.24) is 9.88 Å². The summed E-state index contributed by atoms with van der Waals surface area (Å²) in [6, 6.07) is 0. The Hall–Kier alpha value is -1.36. The molecule has 0 spiro atoms. The van der Waals surface area contributed by atoms with Crippen LogP contribution in [0.4, 0.5) is 0 Å². The third-order valence-electron chi connectivity index (χ3n) is 2.49. The molecule has 0 bridgehead atoms. The van der Waals surface area contributed by atoms with Crippen molar-refractivity contribution in [3.8, 4) is 0 Å². The van der Waals surface area contributed by atoms with E-state index >= 15 is 0 Å². The van der Waals surface area contributed by atoms with Crippen LogP contribution in [0, 0.1) is 5.92 Å². The molecular formula is C13H24N3O2+. The standard InChI is InChI=1S/C13H24N3O2/c1-12(2)10-14-5-4-13(17)18-9-8-16-7-6-15(3)11-16/h6-7,11-12,14H,4-5,8-10H2,1-3H3/q+1. The second kappa shape index (κ2) is 7.87. The topological polar surface area (TPSA) is 47.1 Å². The molecule has 0 saturated heterocycles. The van der Waals surface area contributed by atoms with Crippen LogP contribution in [0.5, 0.6) is 0 Å². The van der Waals surface area contributed by atoms with Crippen LogP contribution in [0.15, 0.2) is 18.7 Å². The summed E-state index contributed by atoms with van der Waals surface area (Å²) < 4.78 is 9.10. The van der Waals surface area contributed by atoms with Crippen molar-refractivity contribution < 1.29 is 14.1 Å². The van der Waals surface area contributed by atoms with Gasteiger partial charge >= 0.3 is 5.97 Å². The van der Waals surface area contributed by atoms with Gasteiger partial charge in [0.2, 0.25) is 6.33 Å². The smallest absolute Gasteiger partial charge is 0.307 e. The molecule has 0 aliphatic carbocycles. The second-order valence-electron chi connectivity index (χ2n) is 4.89. The van der Waals surface area contributed by atoms with Crippen LogP contribution in [0.1, 0.15) is 20.3 Å². The lowest BCUT2D eigenvalue weighted by atomic mass is 10.2. The van der Waals surface area contributed by atoms with Crippen molar-refractivity contribution in [2.24, 2.45) is 13.0 Å². The number of aromatic nitrogens is 2. The number of aryl methyl sites for hydroxylation is 1. The highest BCUT2D eigenvalue weighted by molar-refractivity contribution is 5.69. The Morgan fingerprint density at radius 2 is 2.28 bits per heavy atom. The summed E-state index contributed by atoms with van der Waals surface area (Å²) in [6.07, 6.45) is 6.31. The molecule has 18 heavy (non-hydrogen) atoms. The van der Waals surface area contributed by atoms with Crippen LogP contribution in [0.3, 0.4) is 0 Å². The Morgan fingerprint density at radius 3 is 2.89 bits per heavy atom. The van der Waals surface area contributed by atoms with Gasteiger partial charge in [-0.1, -0.05) is 13.8 Å². The first-order valence-corrected chi connectivity index (χ1v) is 6.45. The molecule has 0 saturated carbocycles. The molecule has 1 aromatic rings. The summed E-state index contributed by atoms with van der Waals surface area (Å²) in [7, 11) is 1.96. The summed E-state index contributed by atoms with van der Waals surface area (Å²) in [5, 5.41) is 3.22. The Labute approximate surface area is 109 Å². The third kappa shape index (κ3) is 6.39. The molecule has 0 fully saturated rings. The molecular weight excluding hydrogens is 230 g/mol. The predicted octanol–water partition coefficient (Wildman–Crippen LogP) is 0.492. The second-order valence-corrected chi connectivity index (χ2v) is 4.89. The van der Waals surface area contributed by atoms with Crippen LogP contribution in [0.25, 0.3) is 0 Å². The Morgan fingerprint density at radius 1 is 1.50 bits per heavy atom. The van der Waals surface area contributed by atoms with Gasteiger partial charge in [0, 0.05) is 6.54 Å². The highest BCUT2D eigenvalue weighted by Gasteiger charge is 2.05. The van der Waals surface area contributed by atoms with E-state index in [1.165, 1.54) is 0 Å². The SMILES string of the molecule is CC(C)CNCCC(=O)OCCn1cc[n+](C)c1. The number of nitrogens with one attached hydrogen (secondary N) is 1. The molecule has 1 rings (SSSR count). The number of hydrogen-bond acceptors (Lipinski definition) is 3. The van der Waals surface area contributed by atoms with Crippen molar-refractivity contribution in [3.05, 3.63) is 18.7 Å². The van der Waals surface area contributed by atoms with Gasteiger partial charge in [-0.3, -0.25) is 4.79 Å². The molecule has 1 aromatic heterocycles. The molecule has 0 aliphatic rings. The predicted molar refractivity (Wildman–Crippen MR) is 68.9 cm³/mol. The van der Waals surface area contributed by atoms with Crippen LogP contribution in [0.2, 0.25) is 0 Å². The quantitative estimate of drug-likeness (QED) is 0.417. The third-order valence-corrected chi connectivity index (χ3v) is 2.49. The molecule has 0 radical (unpaired) electrons. The summed E-state index contributed by atoms with van der Waals surface area (Å²) in [5.74, 6) is 0.471. The molecule has 0 unspecified atom stereocenters. The molecule has 0 aromatic carbocycles. The number of ether oxygens (including phenoxy) is 1. The van der Waals surface area contributed by atoms with E-state index in [2.05, 4.69) is 19.2 Å². The van der Waals surface area contributed by atoms with E-state index < -0.39 is 0 Å². The Balaban J connectivity index is 2.03. The first-order valence-electron chi connectivity index (χ1n) is 6.45. The van der Waals surface area contributed by atoms with E-state index in [9.17, 15) is 4.79 Å². The molecule has 1 heterocycles. The molecule has 5 nitrogen and oxygen atoms in total. The maximum absolute atomic E-state index is 11.4. The maximum Gasteiger partial charge on any atom is 0.307 e. The van der Waals surface area contributed by atoms with Gasteiger partial charge in [0.15, 0.2) is 0 Å². The molecule has 0 atom stereocenters. The number of imidazole rings is 1. The number of esters is 1. The number of carbonyl (C=O) groups is 1. The van der Waals surface area contributed by atoms with Crippen LogP contribution in [-0.2, 0) is 23.1 Å². The minimum absolute atomic E-state index is 0.136. The van der Waals surface area contributed by atoms with E-state index in [0.29, 0.717) is 32.0 Å². The molecule has 5 heteroatoms. The molecule has 1 N–H and O–H groups in total. The van der Waals surface area contributed by atoms with Gasteiger partial charge in [-0.2, -0.15) is 0 Å².